The van der Waals surface area contributed by atoms with Gasteiger partial charge in [-0.25, -0.2) is 4.99 Å². The van der Waals surface area contributed by atoms with Gasteiger partial charge in [0.25, 0.3) is 5.91 Å². The molecule has 0 spiro atoms. The first-order valence-electron chi connectivity index (χ1n) is 12.6. The van der Waals surface area contributed by atoms with Crippen LogP contribution in [0.2, 0.25) is 0 Å². The van der Waals surface area contributed by atoms with Gasteiger partial charge in [0.05, 0.1) is 12.2 Å². The molecule has 0 bridgehead atoms. The van der Waals surface area contributed by atoms with Gasteiger partial charge in [-0.3, -0.25) is 19.7 Å². The molecule has 0 saturated heterocycles. The van der Waals surface area contributed by atoms with E-state index in [1.165, 1.54) is 51.4 Å². The van der Waals surface area contributed by atoms with Gasteiger partial charge in [-0.1, -0.05) is 51.0 Å². The Hall–Kier alpha value is -2.24. The van der Waals surface area contributed by atoms with Crippen LogP contribution in [-0.4, -0.2) is 40.6 Å². The number of rotatable bonds is 8. The zero-order chi connectivity index (χ0) is 22.4. The Balaban J connectivity index is 1.38. The van der Waals surface area contributed by atoms with E-state index in [2.05, 4.69) is 16.2 Å². The lowest BCUT2D eigenvalue weighted by molar-refractivity contribution is -0.131. The first kappa shape index (κ1) is 22.9. The van der Waals surface area contributed by atoms with E-state index in [1.807, 2.05) is 24.4 Å². The van der Waals surface area contributed by atoms with E-state index >= 15 is 0 Å². The SMILES string of the molecule is CN1C(=O)[C@@](CCC2CCCCC2)(C[C@H]2CCCC(C=NCc3ccccn3)C2)N=C1N. The number of aromatic nitrogens is 1. The quantitative estimate of drug-likeness (QED) is 0.597. The predicted molar refractivity (Wildman–Crippen MR) is 129 cm³/mol. The number of carbonyl (C=O) groups excluding carboxylic acids is 1. The van der Waals surface area contributed by atoms with Crippen molar-refractivity contribution in [3.63, 3.8) is 0 Å². The monoisotopic (exact) mass is 437 g/mol. The summed E-state index contributed by atoms with van der Waals surface area (Å²) in [6.07, 6.45) is 18.0. The predicted octanol–water partition coefficient (Wildman–Crippen LogP) is 4.73. The van der Waals surface area contributed by atoms with Crippen LogP contribution in [0.5, 0.6) is 0 Å². The second kappa shape index (κ2) is 10.6. The van der Waals surface area contributed by atoms with Crippen LogP contribution in [0.1, 0.15) is 82.7 Å². The molecule has 2 heterocycles. The van der Waals surface area contributed by atoms with Crippen LogP contribution < -0.4 is 5.73 Å². The Morgan fingerprint density at radius 1 is 1.16 bits per heavy atom. The Morgan fingerprint density at radius 3 is 2.69 bits per heavy atom. The maximum absolute atomic E-state index is 13.3. The summed E-state index contributed by atoms with van der Waals surface area (Å²) < 4.78 is 0. The van der Waals surface area contributed by atoms with Gasteiger partial charge in [0, 0.05) is 19.5 Å². The van der Waals surface area contributed by atoms with Crippen LogP contribution in [0, 0.1) is 17.8 Å². The Kier molecular flexibility index (Phi) is 7.59. The second-order valence-corrected chi connectivity index (χ2v) is 10.2. The molecule has 2 aliphatic carbocycles. The minimum Gasteiger partial charge on any atom is -0.369 e. The molecule has 2 N–H and O–H groups in total. The number of hydrogen-bond acceptors (Lipinski definition) is 5. The number of pyridine rings is 1. The lowest BCUT2D eigenvalue weighted by Crippen LogP contribution is -2.44. The molecule has 174 valence electrons. The van der Waals surface area contributed by atoms with Crippen LogP contribution in [0.4, 0.5) is 0 Å². The lowest BCUT2D eigenvalue weighted by atomic mass is 9.73. The second-order valence-electron chi connectivity index (χ2n) is 10.2. The van der Waals surface area contributed by atoms with Crippen molar-refractivity contribution in [3.8, 4) is 0 Å². The van der Waals surface area contributed by atoms with Gasteiger partial charge in [-0.2, -0.15) is 0 Å². The van der Waals surface area contributed by atoms with Crippen molar-refractivity contribution in [3.05, 3.63) is 30.1 Å². The van der Waals surface area contributed by atoms with E-state index in [1.54, 1.807) is 11.9 Å². The van der Waals surface area contributed by atoms with Crippen LogP contribution in [0.3, 0.4) is 0 Å². The van der Waals surface area contributed by atoms with E-state index in [0.29, 0.717) is 24.3 Å². The zero-order valence-electron chi connectivity index (χ0n) is 19.6. The first-order valence-corrected chi connectivity index (χ1v) is 12.6. The highest BCUT2D eigenvalue weighted by atomic mass is 16.2. The maximum Gasteiger partial charge on any atom is 0.257 e. The standard InChI is InChI=1S/C26H39N5O/c1-31-24(32)26(30-25(31)27,14-13-20-8-3-2-4-9-20)17-21-10-7-11-22(16-21)18-28-19-23-12-5-6-15-29-23/h5-6,12,15,18,20-22H,2-4,7-11,13-14,16-17,19H2,1H3,(H2,27,30)/t21-,22?,26+/m0/s1. The molecule has 1 aromatic rings. The van der Waals surface area contributed by atoms with Crippen LogP contribution in [0.25, 0.3) is 0 Å². The summed E-state index contributed by atoms with van der Waals surface area (Å²) in [6, 6.07) is 5.95. The highest BCUT2D eigenvalue weighted by Crippen LogP contribution is 2.41. The Labute approximate surface area is 192 Å². The molecule has 4 rings (SSSR count). The molecular weight excluding hydrogens is 398 g/mol. The van der Waals surface area contributed by atoms with Crippen molar-refractivity contribution in [2.24, 2.45) is 33.5 Å². The summed E-state index contributed by atoms with van der Waals surface area (Å²) in [7, 11) is 1.78. The van der Waals surface area contributed by atoms with E-state index in [9.17, 15) is 4.79 Å². The third-order valence-electron chi connectivity index (χ3n) is 7.81. The molecule has 1 amide bonds. The molecule has 1 unspecified atom stereocenters. The first-order chi connectivity index (χ1) is 15.6. The molecule has 6 nitrogen and oxygen atoms in total. The average molecular weight is 438 g/mol. The van der Waals surface area contributed by atoms with Crippen molar-refractivity contribution in [1.82, 2.24) is 9.88 Å². The largest absolute Gasteiger partial charge is 0.369 e. The third-order valence-corrected chi connectivity index (χ3v) is 7.81. The Morgan fingerprint density at radius 2 is 1.97 bits per heavy atom. The van der Waals surface area contributed by atoms with Crippen LogP contribution in [0.15, 0.2) is 34.4 Å². The number of aliphatic imine (C=N–C) groups is 2. The molecule has 0 radical (unpaired) electrons. The van der Waals surface area contributed by atoms with E-state index in [-0.39, 0.29) is 5.91 Å². The molecule has 2 saturated carbocycles. The smallest absolute Gasteiger partial charge is 0.257 e. The minimum absolute atomic E-state index is 0.108. The third kappa shape index (κ3) is 5.57. The molecule has 1 aliphatic heterocycles. The summed E-state index contributed by atoms with van der Waals surface area (Å²) in [5.41, 5.74) is 6.49. The van der Waals surface area contributed by atoms with Crippen LogP contribution in [-0.2, 0) is 11.3 Å². The normalized spacial score (nSPS) is 29.6. The van der Waals surface area contributed by atoms with E-state index in [0.717, 1.165) is 37.3 Å². The molecule has 0 aromatic carbocycles. The van der Waals surface area contributed by atoms with Crippen molar-refractivity contribution >= 4 is 18.1 Å². The minimum atomic E-state index is -0.645. The fourth-order valence-corrected chi connectivity index (χ4v) is 5.99. The molecule has 6 heteroatoms. The summed E-state index contributed by atoms with van der Waals surface area (Å²) in [5.74, 6) is 2.21. The summed E-state index contributed by atoms with van der Waals surface area (Å²) >= 11 is 0. The molecule has 32 heavy (non-hydrogen) atoms. The fraction of sp³-hybridized carbons (Fsp3) is 0.692. The van der Waals surface area contributed by atoms with Gasteiger partial charge in [-0.15, -0.1) is 0 Å². The summed E-state index contributed by atoms with van der Waals surface area (Å²) in [5, 5.41) is 0. The number of nitrogens with zero attached hydrogens (tertiary/aromatic N) is 4. The number of hydrogen-bond donors (Lipinski definition) is 1. The summed E-state index contributed by atoms with van der Waals surface area (Å²) in [4.78, 5) is 28.7. The van der Waals surface area contributed by atoms with E-state index in [4.69, 9.17) is 10.7 Å². The highest BCUT2D eigenvalue weighted by Gasteiger charge is 2.47. The number of amides is 1. The topological polar surface area (TPSA) is 83.9 Å². The van der Waals surface area contributed by atoms with Gasteiger partial charge in [0.2, 0.25) is 0 Å². The van der Waals surface area contributed by atoms with Gasteiger partial charge >= 0.3 is 0 Å². The van der Waals surface area contributed by atoms with Gasteiger partial charge in [-0.05, 0) is 62.0 Å². The highest BCUT2D eigenvalue weighted by molar-refractivity contribution is 6.06. The number of carbonyl (C=O) groups is 1. The maximum atomic E-state index is 13.3. The van der Waals surface area contributed by atoms with Crippen LogP contribution >= 0.6 is 0 Å². The Bertz CT molecular complexity index is 817. The zero-order valence-corrected chi connectivity index (χ0v) is 19.6. The molecular formula is C26H39N5O. The van der Waals surface area contributed by atoms with E-state index < -0.39 is 5.54 Å². The van der Waals surface area contributed by atoms with Crippen molar-refractivity contribution in [2.45, 2.75) is 89.1 Å². The lowest BCUT2D eigenvalue weighted by Gasteiger charge is -2.34. The van der Waals surface area contributed by atoms with Crippen molar-refractivity contribution in [2.75, 3.05) is 7.05 Å². The number of likely N-dealkylation sites (N-methyl/N-ethyl adjacent to an activating group) is 1. The van der Waals surface area contributed by atoms with Gasteiger partial charge in [0.15, 0.2) is 5.96 Å². The number of nitrogens with two attached hydrogens (primary N) is 1. The van der Waals surface area contributed by atoms with Gasteiger partial charge in [0.1, 0.15) is 5.54 Å². The van der Waals surface area contributed by atoms with Crippen molar-refractivity contribution in [1.29, 1.82) is 0 Å². The molecule has 2 fully saturated rings. The molecule has 3 aliphatic rings. The van der Waals surface area contributed by atoms with Gasteiger partial charge < -0.3 is 5.73 Å². The van der Waals surface area contributed by atoms with Crippen molar-refractivity contribution < 1.29 is 4.79 Å². The molecule has 3 atom stereocenters. The fourth-order valence-electron chi connectivity index (χ4n) is 5.99. The number of guanidine groups is 1. The average Bonchev–Trinajstić information content (AvgIpc) is 3.03. The molecule has 1 aromatic heterocycles. The summed E-state index contributed by atoms with van der Waals surface area (Å²) in [6.45, 7) is 0.636.